The zero-order valence-electron chi connectivity index (χ0n) is 13.3. The van der Waals surface area contributed by atoms with Gasteiger partial charge in [-0.15, -0.1) is 17.0 Å². The monoisotopic (exact) mass is 442 g/mol. The molecule has 0 spiro atoms. The first-order valence-electron chi connectivity index (χ1n) is 7.76. The number of hydrogen-bond donors (Lipinski definition) is 0. The van der Waals surface area contributed by atoms with Crippen LogP contribution in [0.1, 0.15) is 26.2 Å². The molecule has 3 rings (SSSR count). The van der Waals surface area contributed by atoms with Crippen molar-refractivity contribution in [3.63, 3.8) is 0 Å². The van der Waals surface area contributed by atoms with Gasteiger partial charge in [0.05, 0.1) is 0 Å². The van der Waals surface area contributed by atoms with Gasteiger partial charge in [0.25, 0.3) is 0 Å². The molecule has 1 nitrogen and oxygen atoms in total. The summed E-state index contributed by atoms with van der Waals surface area (Å²) in [5.41, 5.74) is 3.47. The predicted octanol–water partition coefficient (Wildman–Crippen LogP) is 5.09. The number of Topliss-reactive ketones (excluding diaryl/α,β-unsaturated/α-hetero) is 1. The number of benzene rings is 3. The molecule has 3 heteroatoms. The first kappa shape index (κ1) is 18.7. The molecule has 0 amide bonds. The molecular weight excluding hydrogens is 423 g/mol. The van der Waals surface area contributed by atoms with E-state index in [9.17, 15) is 4.79 Å². The summed E-state index contributed by atoms with van der Waals surface area (Å²) in [5.74, 6) is 0.266. The third kappa shape index (κ3) is 4.93. The molecule has 122 valence electrons. The van der Waals surface area contributed by atoms with Gasteiger partial charge in [-0.2, -0.15) is 0 Å². The maximum atomic E-state index is 12.4. The summed E-state index contributed by atoms with van der Waals surface area (Å²) in [6, 6.07) is 30.7. The van der Waals surface area contributed by atoms with Crippen molar-refractivity contribution >= 4 is 38.5 Å². The van der Waals surface area contributed by atoms with Crippen LogP contribution in [0, 0.1) is 0 Å². The molecule has 0 aliphatic carbocycles. The fraction of sp³-hybridized carbons (Fsp3) is 0.0952. The summed E-state index contributed by atoms with van der Waals surface area (Å²) in [4.78, 5) is 12.4. The first-order chi connectivity index (χ1) is 11.3. The van der Waals surface area contributed by atoms with Gasteiger partial charge in [0.1, 0.15) is 0 Å². The van der Waals surface area contributed by atoms with Gasteiger partial charge < -0.3 is 0 Å². The van der Waals surface area contributed by atoms with E-state index in [-0.39, 0.29) is 22.8 Å². The molecule has 0 saturated carbocycles. The van der Waals surface area contributed by atoms with Gasteiger partial charge >= 0.3 is 144 Å². The average Bonchev–Trinajstić information content (AvgIpc) is 2.64. The van der Waals surface area contributed by atoms with Crippen LogP contribution >= 0.6 is 17.0 Å². The minimum atomic E-state index is -0.469. The second-order valence-electron chi connectivity index (χ2n) is 5.42. The molecule has 1 unspecified atom stereocenters. The van der Waals surface area contributed by atoms with Crippen LogP contribution in [0.4, 0.5) is 0 Å². The van der Waals surface area contributed by atoms with Gasteiger partial charge in [-0.3, -0.25) is 0 Å². The standard InChI is InChI=1S/C21H19AsO.BrH/c23-20(17-10-4-1-5-11-17)16-22-21(18-12-6-2-7-13-18)19-14-8-3-9-15-19;/h1-15,21-22H,16H2;1H. The number of hydrogen-bond acceptors (Lipinski definition) is 1. The summed E-state index contributed by atoms with van der Waals surface area (Å²) >= 11 is -0.469. The van der Waals surface area contributed by atoms with Crippen LogP contribution in [0.2, 0.25) is 5.21 Å². The molecule has 24 heavy (non-hydrogen) atoms. The Morgan fingerprint density at radius 2 is 1.12 bits per heavy atom. The number of ketones is 1. The Balaban J connectivity index is 0.00000208. The van der Waals surface area contributed by atoms with Crippen molar-refractivity contribution in [1.29, 1.82) is 0 Å². The van der Waals surface area contributed by atoms with Crippen molar-refractivity contribution in [1.82, 2.24) is 0 Å². The van der Waals surface area contributed by atoms with Crippen LogP contribution in [0.15, 0.2) is 91.0 Å². The average molecular weight is 443 g/mol. The van der Waals surface area contributed by atoms with Gasteiger partial charge in [-0.25, -0.2) is 0 Å². The molecule has 0 radical (unpaired) electrons. The normalized spacial score (nSPS) is 10.7. The molecule has 0 fully saturated rings. The van der Waals surface area contributed by atoms with E-state index in [0.29, 0.717) is 9.91 Å². The summed E-state index contributed by atoms with van der Waals surface area (Å²) in [7, 11) is 0. The second-order valence-corrected chi connectivity index (χ2v) is 8.23. The molecule has 3 aromatic carbocycles. The molecule has 1 atom stereocenters. The van der Waals surface area contributed by atoms with Crippen molar-refractivity contribution in [2.45, 2.75) is 9.91 Å². The summed E-state index contributed by atoms with van der Waals surface area (Å²) < 4.78 is 0.380. The van der Waals surface area contributed by atoms with E-state index in [1.165, 1.54) is 11.1 Å². The molecule has 0 aromatic heterocycles. The zero-order chi connectivity index (χ0) is 15.9. The third-order valence-corrected chi connectivity index (χ3v) is 7.19. The van der Waals surface area contributed by atoms with E-state index in [2.05, 4.69) is 48.5 Å². The number of carbonyl (C=O) groups is 1. The number of carbonyl (C=O) groups excluding carboxylic acids is 1. The van der Waals surface area contributed by atoms with E-state index < -0.39 is 15.8 Å². The molecule has 3 aromatic rings. The van der Waals surface area contributed by atoms with E-state index in [1.807, 2.05) is 42.5 Å². The van der Waals surface area contributed by atoms with Crippen LogP contribution in [-0.2, 0) is 0 Å². The summed E-state index contributed by atoms with van der Waals surface area (Å²) in [6.07, 6.45) is 0. The van der Waals surface area contributed by atoms with Gasteiger partial charge in [0, 0.05) is 0 Å². The van der Waals surface area contributed by atoms with Crippen molar-refractivity contribution in [3.05, 3.63) is 108 Å². The maximum absolute atomic E-state index is 12.4. The van der Waals surface area contributed by atoms with Crippen LogP contribution in [-0.4, -0.2) is 21.5 Å². The Morgan fingerprint density at radius 1 is 0.708 bits per heavy atom. The van der Waals surface area contributed by atoms with Gasteiger partial charge in [-0.05, 0) is 0 Å². The Labute approximate surface area is 160 Å². The van der Waals surface area contributed by atoms with Gasteiger partial charge in [0.2, 0.25) is 0 Å². The predicted molar refractivity (Wildman–Crippen MR) is 108 cm³/mol. The van der Waals surface area contributed by atoms with Crippen LogP contribution in [0.3, 0.4) is 0 Å². The van der Waals surface area contributed by atoms with Crippen molar-refractivity contribution in [2.24, 2.45) is 0 Å². The molecular formula is C21H20AsBrO. The number of halogens is 1. The van der Waals surface area contributed by atoms with E-state index in [0.717, 1.165) is 5.56 Å². The van der Waals surface area contributed by atoms with Gasteiger partial charge in [-0.1, -0.05) is 0 Å². The van der Waals surface area contributed by atoms with E-state index >= 15 is 0 Å². The van der Waals surface area contributed by atoms with Crippen molar-refractivity contribution < 1.29 is 4.79 Å². The summed E-state index contributed by atoms with van der Waals surface area (Å²) in [5, 5.41) is 0.679. The van der Waals surface area contributed by atoms with Crippen LogP contribution in [0.5, 0.6) is 0 Å². The Morgan fingerprint density at radius 3 is 1.58 bits per heavy atom. The zero-order valence-corrected chi connectivity index (χ0v) is 17.1. The molecule has 0 saturated heterocycles. The summed E-state index contributed by atoms with van der Waals surface area (Å²) in [6.45, 7) is 0. The first-order valence-corrected chi connectivity index (χ1v) is 10.5. The van der Waals surface area contributed by atoms with Gasteiger partial charge in [0.15, 0.2) is 0 Å². The molecule has 0 aliphatic rings. The number of rotatable bonds is 6. The molecule has 0 bridgehead atoms. The molecule has 0 heterocycles. The van der Waals surface area contributed by atoms with Crippen molar-refractivity contribution in [2.75, 3.05) is 0 Å². The third-order valence-electron chi connectivity index (χ3n) is 3.83. The Bertz CT molecular complexity index is 705. The SMILES string of the molecule is Br.O=C(C[AsH]C(c1ccccc1)c1ccccc1)c1ccccc1. The fourth-order valence-corrected chi connectivity index (χ4v) is 5.68. The van der Waals surface area contributed by atoms with E-state index in [4.69, 9.17) is 0 Å². The van der Waals surface area contributed by atoms with Crippen LogP contribution < -0.4 is 0 Å². The van der Waals surface area contributed by atoms with Crippen LogP contribution in [0.25, 0.3) is 0 Å². The minimum absolute atomic E-state index is 0. The fourth-order valence-electron chi connectivity index (χ4n) is 2.64. The Hall–Kier alpha value is -1.63. The second kappa shape index (κ2) is 9.61. The van der Waals surface area contributed by atoms with Crippen molar-refractivity contribution in [3.8, 4) is 0 Å². The quantitative estimate of drug-likeness (QED) is 0.383. The topological polar surface area (TPSA) is 17.1 Å². The van der Waals surface area contributed by atoms with E-state index in [1.54, 1.807) is 0 Å². The Kier molecular flexibility index (Phi) is 7.49. The molecule has 0 N–H and O–H groups in total. The molecule has 0 aliphatic heterocycles.